The van der Waals surface area contributed by atoms with Crippen LogP contribution in [0, 0.1) is 5.82 Å². The highest BCUT2D eigenvalue weighted by molar-refractivity contribution is 9.10. The van der Waals surface area contributed by atoms with Crippen molar-refractivity contribution in [1.82, 2.24) is 5.32 Å². The minimum atomic E-state index is -0.279. The highest BCUT2D eigenvalue weighted by atomic mass is 79.9. The Hall–Kier alpha value is -2.37. The summed E-state index contributed by atoms with van der Waals surface area (Å²) in [6.45, 7) is 1.58. The van der Waals surface area contributed by atoms with Crippen LogP contribution in [-0.2, 0) is 19.6 Å². The summed E-state index contributed by atoms with van der Waals surface area (Å²) in [5.41, 5.74) is 2.74. The van der Waals surface area contributed by atoms with Crippen molar-refractivity contribution >= 4 is 15.9 Å². The van der Waals surface area contributed by atoms with Crippen LogP contribution < -0.4 is 14.8 Å². The summed E-state index contributed by atoms with van der Waals surface area (Å²) in [4.78, 5) is 0. The molecule has 0 aliphatic carbocycles. The zero-order valence-corrected chi connectivity index (χ0v) is 17.3. The van der Waals surface area contributed by atoms with Crippen LogP contribution in [0.15, 0.2) is 71.2 Å². The number of methoxy groups -OCH3 is 1. The van der Waals surface area contributed by atoms with Gasteiger partial charge in [0.15, 0.2) is 11.5 Å². The molecular formula is C23H23BrFNO2. The molecule has 0 saturated carbocycles. The fourth-order valence-corrected chi connectivity index (χ4v) is 3.37. The summed E-state index contributed by atoms with van der Waals surface area (Å²) >= 11 is 3.60. The van der Waals surface area contributed by atoms with Crippen molar-refractivity contribution in [2.45, 2.75) is 19.6 Å². The van der Waals surface area contributed by atoms with Crippen molar-refractivity contribution in [3.05, 3.63) is 93.7 Å². The number of benzene rings is 3. The van der Waals surface area contributed by atoms with Gasteiger partial charge in [0.05, 0.1) is 7.11 Å². The fourth-order valence-electron chi connectivity index (χ4n) is 2.92. The van der Waals surface area contributed by atoms with Gasteiger partial charge in [0, 0.05) is 22.1 Å². The van der Waals surface area contributed by atoms with Crippen molar-refractivity contribution in [1.29, 1.82) is 0 Å². The zero-order chi connectivity index (χ0) is 19.8. The lowest BCUT2D eigenvalue weighted by Crippen LogP contribution is -2.18. The molecule has 5 heteroatoms. The number of nitrogens with one attached hydrogen (secondary N) is 1. The first-order chi connectivity index (χ1) is 13.7. The third-order valence-electron chi connectivity index (χ3n) is 4.45. The molecular weight excluding hydrogens is 421 g/mol. The van der Waals surface area contributed by atoms with Crippen LogP contribution in [0.4, 0.5) is 4.39 Å². The monoisotopic (exact) mass is 443 g/mol. The maximum Gasteiger partial charge on any atom is 0.167 e. The first-order valence-electron chi connectivity index (χ1n) is 9.15. The summed E-state index contributed by atoms with van der Waals surface area (Å²) in [5.74, 6) is 0.964. The van der Waals surface area contributed by atoms with E-state index in [1.165, 1.54) is 11.6 Å². The molecule has 0 spiro atoms. The molecule has 0 atom stereocenters. The Balaban J connectivity index is 1.69. The van der Waals surface area contributed by atoms with E-state index in [1.807, 2.05) is 30.3 Å². The van der Waals surface area contributed by atoms with E-state index in [2.05, 4.69) is 33.4 Å². The molecule has 0 saturated heterocycles. The Kier molecular flexibility index (Phi) is 7.46. The van der Waals surface area contributed by atoms with E-state index in [9.17, 15) is 4.39 Å². The number of ether oxygens (including phenoxy) is 2. The lowest BCUT2D eigenvalue weighted by atomic mass is 10.1. The van der Waals surface area contributed by atoms with Gasteiger partial charge >= 0.3 is 0 Å². The highest BCUT2D eigenvalue weighted by Crippen LogP contribution is 2.36. The second kappa shape index (κ2) is 10.2. The number of rotatable bonds is 9. The molecule has 0 unspecified atom stereocenters. The summed E-state index contributed by atoms with van der Waals surface area (Å²) in [6.07, 6.45) is 0.938. The van der Waals surface area contributed by atoms with Gasteiger partial charge in [-0.05, 0) is 36.7 Å². The Labute approximate surface area is 173 Å². The predicted molar refractivity (Wildman–Crippen MR) is 113 cm³/mol. The van der Waals surface area contributed by atoms with Gasteiger partial charge in [-0.1, -0.05) is 64.5 Å². The van der Waals surface area contributed by atoms with Gasteiger partial charge in [0.1, 0.15) is 12.4 Å². The van der Waals surface area contributed by atoms with E-state index in [1.54, 1.807) is 25.3 Å². The molecule has 0 aliphatic rings. The Morgan fingerprint density at radius 1 is 0.964 bits per heavy atom. The number of hydrogen-bond acceptors (Lipinski definition) is 3. The van der Waals surface area contributed by atoms with Crippen molar-refractivity contribution < 1.29 is 13.9 Å². The van der Waals surface area contributed by atoms with Crippen molar-refractivity contribution in [2.75, 3.05) is 13.7 Å². The first-order valence-corrected chi connectivity index (χ1v) is 9.94. The summed E-state index contributed by atoms with van der Waals surface area (Å²) in [7, 11) is 1.60. The zero-order valence-electron chi connectivity index (χ0n) is 15.8. The molecule has 28 heavy (non-hydrogen) atoms. The van der Waals surface area contributed by atoms with Gasteiger partial charge in [0.2, 0.25) is 0 Å². The maximum absolute atomic E-state index is 13.9. The van der Waals surface area contributed by atoms with E-state index < -0.39 is 0 Å². The van der Waals surface area contributed by atoms with E-state index >= 15 is 0 Å². The molecule has 3 rings (SSSR count). The molecule has 0 aromatic heterocycles. The second-order valence-electron chi connectivity index (χ2n) is 6.35. The molecule has 0 bridgehead atoms. The van der Waals surface area contributed by atoms with E-state index in [4.69, 9.17) is 9.47 Å². The average Bonchev–Trinajstić information content (AvgIpc) is 2.72. The summed E-state index contributed by atoms with van der Waals surface area (Å²) in [6, 6.07) is 20.7. The Morgan fingerprint density at radius 2 is 1.71 bits per heavy atom. The van der Waals surface area contributed by atoms with Crippen LogP contribution >= 0.6 is 15.9 Å². The minimum Gasteiger partial charge on any atom is -0.493 e. The third kappa shape index (κ3) is 5.33. The van der Waals surface area contributed by atoms with Crippen LogP contribution in [0.2, 0.25) is 0 Å². The van der Waals surface area contributed by atoms with Crippen molar-refractivity contribution in [2.24, 2.45) is 0 Å². The molecule has 3 nitrogen and oxygen atoms in total. The highest BCUT2D eigenvalue weighted by Gasteiger charge is 2.15. The van der Waals surface area contributed by atoms with Gasteiger partial charge < -0.3 is 14.8 Å². The van der Waals surface area contributed by atoms with E-state index in [-0.39, 0.29) is 12.4 Å². The van der Waals surface area contributed by atoms with Gasteiger partial charge in [-0.2, -0.15) is 0 Å². The molecule has 0 fully saturated rings. The molecule has 3 aromatic rings. The molecule has 0 radical (unpaired) electrons. The third-order valence-corrected chi connectivity index (χ3v) is 5.19. The van der Waals surface area contributed by atoms with Gasteiger partial charge in [-0.3, -0.25) is 0 Å². The molecule has 1 N–H and O–H groups in total. The molecule has 0 heterocycles. The first kappa shape index (κ1) is 20.4. The molecule has 146 valence electrons. The smallest absolute Gasteiger partial charge is 0.167 e. The topological polar surface area (TPSA) is 30.5 Å². The van der Waals surface area contributed by atoms with E-state index in [0.717, 1.165) is 23.0 Å². The summed E-state index contributed by atoms with van der Waals surface area (Å²) in [5, 5.41) is 3.45. The lowest BCUT2D eigenvalue weighted by molar-refractivity contribution is 0.275. The SMILES string of the molecule is COc1ccc(Br)c(CNCCc2ccccc2)c1OCc1ccccc1F. The second-order valence-corrected chi connectivity index (χ2v) is 7.20. The van der Waals surface area contributed by atoms with Gasteiger partial charge in [-0.25, -0.2) is 4.39 Å². The van der Waals surface area contributed by atoms with E-state index in [0.29, 0.717) is 23.6 Å². The number of halogens is 2. The van der Waals surface area contributed by atoms with Crippen LogP contribution in [0.3, 0.4) is 0 Å². The number of hydrogen-bond donors (Lipinski definition) is 1. The van der Waals surface area contributed by atoms with Crippen LogP contribution in [0.5, 0.6) is 11.5 Å². The van der Waals surface area contributed by atoms with Crippen LogP contribution in [0.25, 0.3) is 0 Å². The molecule has 0 amide bonds. The predicted octanol–water partition coefficient (Wildman–Crippen LogP) is 5.51. The molecule has 0 aliphatic heterocycles. The maximum atomic E-state index is 13.9. The average molecular weight is 444 g/mol. The fraction of sp³-hybridized carbons (Fsp3) is 0.217. The minimum absolute atomic E-state index is 0.135. The Morgan fingerprint density at radius 3 is 2.46 bits per heavy atom. The Bertz CT molecular complexity index is 902. The quantitative estimate of drug-likeness (QED) is 0.442. The van der Waals surface area contributed by atoms with Crippen LogP contribution in [0.1, 0.15) is 16.7 Å². The van der Waals surface area contributed by atoms with Crippen LogP contribution in [-0.4, -0.2) is 13.7 Å². The van der Waals surface area contributed by atoms with Crippen molar-refractivity contribution in [3.63, 3.8) is 0 Å². The van der Waals surface area contributed by atoms with Crippen molar-refractivity contribution in [3.8, 4) is 11.5 Å². The molecule has 3 aromatic carbocycles. The summed E-state index contributed by atoms with van der Waals surface area (Å²) < 4.78 is 26.3. The lowest BCUT2D eigenvalue weighted by Gasteiger charge is -2.17. The van der Waals surface area contributed by atoms with Gasteiger partial charge in [0.25, 0.3) is 0 Å². The van der Waals surface area contributed by atoms with Gasteiger partial charge in [-0.15, -0.1) is 0 Å². The normalized spacial score (nSPS) is 10.7. The largest absolute Gasteiger partial charge is 0.493 e. The standard InChI is InChI=1S/C23H23BrFNO2/c1-27-22-12-11-20(24)19(15-26-14-13-17-7-3-2-4-8-17)23(22)28-16-18-9-5-6-10-21(18)25/h2-12,26H,13-16H2,1H3.